The Morgan fingerprint density at radius 2 is 1.94 bits per heavy atom. The van der Waals surface area contributed by atoms with Gasteiger partial charge in [0.1, 0.15) is 0 Å². The van der Waals surface area contributed by atoms with E-state index in [1.165, 1.54) is 0 Å². The monoisotopic (exact) mass is 240 g/mol. The van der Waals surface area contributed by atoms with Crippen LogP contribution in [0.2, 0.25) is 0 Å². The maximum Gasteiger partial charge on any atom is 0.308 e. The predicted molar refractivity (Wildman–Crippen MR) is 62.3 cm³/mol. The van der Waals surface area contributed by atoms with Gasteiger partial charge in [0.2, 0.25) is 5.91 Å². The van der Waals surface area contributed by atoms with Gasteiger partial charge in [0.25, 0.3) is 0 Å². The molecule has 0 aromatic heterocycles. The molecule has 1 aliphatic carbocycles. The molecule has 2 aliphatic rings. The summed E-state index contributed by atoms with van der Waals surface area (Å²) in [5.41, 5.74) is 5.92. The van der Waals surface area contributed by atoms with Crippen molar-refractivity contribution in [1.29, 1.82) is 0 Å². The molecule has 3 N–H and O–H groups in total. The molecule has 0 radical (unpaired) electrons. The van der Waals surface area contributed by atoms with Crippen LogP contribution in [0.1, 0.15) is 32.1 Å². The highest BCUT2D eigenvalue weighted by atomic mass is 16.4. The van der Waals surface area contributed by atoms with Gasteiger partial charge >= 0.3 is 5.97 Å². The van der Waals surface area contributed by atoms with Crippen LogP contribution in [0.5, 0.6) is 0 Å². The molecule has 5 nitrogen and oxygen atoms in total. The Morgan fingerprint density at radius 3 is 2.53 bits per heavy atom. The number of piperidine rings is 1. The highest BCUT2D eigenvalue weighted by Crippen LogP contribution is 2.28. The van der Waals surface area contributed by atoms with E-state index in [9.17, 15) is 9.59 Å². The summed E-state index contributed by atoms with van der Waals surface area (Å²) in [4.78, 5) is 24.9. The van der Waals surface area contributed by atoms with Gasteiger partial charge in [0, 0.05) is 19.1 Å². The lowest BCUT2D eigenvalue weighted by molar-refractivity contribution is -0.146. The first-order valence-corrected chi connectivity index (χ1v) is 6.36. The molecule has 2 fully saturated rings. The number of rotatable bonds is 2. The van der Waals surface area contributed by atoms with E-state index in [2.05, 4.69) is 0 Å². The topological polar surface area (TPSA) is 83.6 Å². The van der Waals surface area contributed by atoms with Crippen LogP contribution in [0.15, 0.2) is 0 Å². The maximum absolute atomic E-state index is 12.2. The summed E-state index contributed by atoms with van der Waals surface area (Å²) in [5.74, 6) is -1.20. The van der Waals surface area contributed by atoms with Crippen LogP contribution in [-0.2, 0) is 9.59 Å². The van der Waals surface area contributed by atoms with Crippen LogP contribution in [0, 0.1) is 11.8 Å². The average molecular weight is 240 g/mol. The van der Waals surface area contributed by atoms with E-state index in [-0.39, 0.29) is 17.9 Å². The van der Waals surface area contributed by atoms with Gasteiger partial charge in [-0.05, 0) is 25.7 Å². The van der Waals surface area contributed by atoms with Crippen LogP contribution in [0.25, 0.3) is 0 Å². The van der Waals surface area contributed by atoms with E-state index >= 15 is 0 Å². The van der Waals surface area contributed by atoms with Gasteiger partial charge in [-0.1, -0.05) is 6.42 Å². The van der Waals surface area contributed by atoms with E-state index in [0.29, 0.717) is 19.5 Å². The molecule has 0 bridgehead atoms. The lowest BCUT2D eigenvalue weighted by atomic mass is 9.95. The zero-order valence-electron chi connectivity index (χ0n) is 9.97. The summed E-state index contributed by atoms with van der Waals surface area (Å²) < 4.78 is 0. The van der Waals surface area contributed by atoms with Crippen molar-refractivity contribution in [2.45, 2.75) is 38.1 Å². The van der Waals surface area contributed by atoms with Crippen LogP contribution < -0.4 is 5.73 Å². The largest absolute Gasteiger partial charge is 0.481 e. The molecule has 2 rings (SSSR count). The third kappa shape index (κ3) is 2.60. The Kier molecular flexibility index (Phi) is 3.66. The number of carboxylic acids is 1. The summed E-state index contributed by atoms with van der Waals surface area (Å²) in [6.45, 7) is 1.04. The zero-order valence-corrected chi connectivity index (χ0v) is 9.97. The molecule has 0 aromatic rings. The Hall–Kier alpha value is -1.10. The van der Waals surface area contributed by atoms with Crippen molar-refractivity contribution in [3.05, 3.63) is 0 Å². The van der Waals surface area contributed by atoms with Gasteiger partial charge in [-0.2, -0.15) is 0 Å². The number of nitrogens with zero attached hydrogens (tertiary/aromatic N) is 1. The molecular formula is C12H20N2O3. The van der Waals surface area contributed by atoms with Crippen molar-refractivity contribution >= 4 is 11.9 Å². The number of hydrogen-bond donors (Lipinski definition) is 2. The van der Waals surface area contributed by atoms with Crippen molar-refractivity contribution < 1.29 is 14.7 Å². The molecule has 2 unspecified atom stereocenters. The molecule has 96 valence electrons. The summed E-state index contributed by atoms with van der Waals surface area (Å²) in [7, 11) is 0. The van der Waals surface area contributed by atoms with Gasteiger partial charge in [0.05, 0.1) is 11.8 Å². The van der Waals surface area contributed by atoms with Crippen LogP contribution >= 0.6 is 0 Å². The minimum atomic E-state index is -0.793. The predicted octanol–water partition coefficient (Wildman–Crippen LogP) is 0.437. The van der Waals surface area contributed by atoms with Crippen LogP contribution in [0.3, 0.4) is 0 Å². The third-order valence-electron chi connectivity index (χ3n) is 3.97. The molecule has 17 heavy (non-hydrogen) atoms. The van der Waals surface area contributed by atoms with Crippen LogP contribution in [-0.4, -0.2) is 41.0 Å². The zero-order chi connectivity index (χ0) is 12.4. The Morgan fingerprint density at radius 1 is 1.18 bits per heavy atom. The van der Waals surface area contributed by atoms with E-state index in [1.807, 2.05) is 0 Å². The van der Waals surface area contributed by atoms with Gasteiger partial charge in [-0.25, -0.2) is 0 Å². The number of nitrogens with two attached hydrogens (primary N) is 1. The molecular weight excluding hydrogens is 220 g/mol. The normalized spacial score (nSPS) is 33.7. The number of likely N-dealkylation sites (tertiary alicyclic amines) is 1. The van der Waals surface area contributed by atoms with E-state index in [0.717, 1.165) is 25.7 Å². The van der Waals surface area contributed by atoms with E-state index < -0.39 is 11.9 Å². The first-order valence-electron chi connectivity index (χ1n) is 6.36. The summed E-state index contributed by atoms with van der Waals surface area (Å²) in [6.07, 6.45) is 4.23. The lowest BCUT2D eigenvalue weighted by Crippen LogP contribution is -2.47. The van der Waals surface area contributed by atoms with Crippen molar-refractivity contribution in [1.82, 2.24) is 4.90 Å². The minimum absolute atomic E-state index is 0.0345. The summed E-state index contributed by atoms with van der Waals surface area (Å²) in [5, 5.41) is 8.99. The van der Waals surface area contributed by atoms with Crippen LogP contribution in [0.4, 0.5) is 0 Å². The maximum atomic E-state index is 12.2. The molecule has 3 atom stereocenters. The molecule has 5 heteroatoms. The van der Waals surface area contributed by atoms with Crippen molar-refractivity contribution in [2.75, 3.05) is 13.1 Å². The molecule has 1 saturated carbocycles. The fraction of sp³-hybridized carbons (Fsp3) is 0.833. The second-order valence-corrected chi connectivity index (χ2v) is 5.16. The molecule has 0 aromatic carbocycles. The molecule has 1 aliphatic heterocycles. The highest BCUT2D eigenvalue weighted by molar-refractivity contribution is 5.81. The highest BCUT2D eigenvalue weighted by Gasteiger charge is 2.36. The number of aliphatic carboxylic acids is 1. The van der Waals surface area contributed by atoms with Gasteiger partial charge in [-0.3, -0.25) is 9.59 Å². The first-order chi connectivity index (χ1) is 8.09. The number of hydrogen-bond acceptors (Lipinski definition) is 3. The summed E-state index contributed by atoms with van der Waals surface area (Å²) >= 11 is 0. The third-order valence-corrected chi connectivity index (χ3v) is 3.97. The second-order valence-electron chi connectivity index (χ2n) is 5.16. The number of carboxylic acid groups (broad SMARTS) is 1. The molecule has 1 amide bonds. The van der Waals surface area contributed by atoms with Gasteiger partial charge in [0.15, 0.2) is 0 Å². The Bertz CT molecular complexity index is 319. The minimum Gasteiger partial charge on any atom is -0.481 e. The second kappa shape index (κ2) is 5.04. The quantitative estimate of drug-likeness (QED) is 0.733. The van der Waals surface area contributed by atoms with E-state index in [1.54, 1.807) is 4.90 Å². The van der Waals surface area contributed by atoms with Crippen molar-refractivity contribution in [3.8, 4) is 0 Å². The Balaban J connectivity index is 1.97. The smallest absolute Gasteiger partial charge is 0.308 e. The Labute approximate surface area is 101 Å². The van der Waals surface area contributed by atoms with Crippen molar-refractivity contribution in [3.63, 3.8) is 0 Å². The summed E-state index contributed by atoms with van der Waals surface area (Å²) in [6, 6.07) is -0.0345. The SMILES string of the molecule is NC1CCCC1C(=O)N1CCC[C@@H](C(=O)O)C1. The number of carbonyl (C=O) groups excluding carboxylic acids is 1. The fourth-order valence-electron chi connectivity index (χ4n) is 2.91. The lowest BCUT2D eigenvalue weighted by Gasteiger charge is -2.33. The molecule has 1 heterocycles. The number of carbonyl (C=O) groups is 2. The standard InChI is InChI=1S/C12H20N2O3/c13-10-5-1-4-9(10)11(15)14-6-2-3-8(7-14)12(16)17/h8-10H,1-7,13H2,(H,16,17)/t8-,9?,10?/m1/s1. The van der Waals surface area contributed by atoms with Crippen molar-refractivity contribution in [2.24, 2.45) is 17.6 Å². The van der Waals surface area contributed by atoms with E-state index in [4.69, 9.17) is 10.8 Å². The fourth-order valence-corrected chi connectivity index (χ4v) is 2.91. The van der Waals surface area contributed by atoms with Gasteiger partial charge < -0.3 is 15.7 Å². The van der Waals surface area contributed by atoms with Gasteiger partial charge in [-0.15, -0.1) is 0 Å². The number of amides is 1. The molecule has 0 spiro atoms. The molecule has 1 saturated heterocycles. The first kappa shape index (κ1) is 12.4. The average Bonchev–Trinajstić information content (AvgIpc) is 2.74.